The zero-order valence-corrected chi connectivity index (χ0v) is 21.9. The lowest BCUT2D eigenvalue weighted by Crippen LogP contribution is -1.95. The van der Waals surface area contributed by atoms with Gasteiger partial charge in [0, 0.05) is 10.9 Å². The van der Waals surface area contributed by atoms with Crippen molar-refractivity contribution in [2.24, 2.45) is 0 Å². The van der Waals surface area contributed by atoms with Crippen molar-refractivity contribution in [1.29, 1.82) is 0 Å². The van der Waals surface area contributed by atoms with Crippen LogP contribution in [0.4, 0.5) is 0 Å². The molecule has 0 N–H and O–H groups in total. The Balaban J connectivity index is 1.55. The highest BCUT2D eigenvalue weighted by atomic mass is 16.5. The van der Waals surface area contributed by atoms with Gasteiger partial charge in [-0.25, -0.2) is 9.97 Å². The number of hydrogen-bond donors (Lipinski definition) is 0. The van der Waals surface area contributed by atoms with Crippen LogP contribution in [0.15, 0.2) is 79.1 Å². The van der Waals surface area contributed by atoms with Crippen molar-refractivity contribution in [3.05, 3.63) is 79.1 Å². The Hall–Kier alpha value is -4.78. The predicted octanol–water partition coefficient (Wildman–Crippen LogP) is 6.67. The van der Waals surface area contributed by atoms with Gasteiger partial charge in [-0.1, -0.05) is 36.4 Å². The molecule has 0 saturated carbocycles. The number of ether oxygens (including phenoxy) is 5. The van der Waals surface area contributed by atoms with Gasteiger partial charge in [0.15, 0.2) is 23.0 Å². The number of benzene rings is 4. The standard InChI is InChI=1S/C31H28N2O5/c1-34-26-13-11-22(15-27(26)35-2)21-10-12-25-24(14-21)30(33-18-32-25)20-8-6-19(7-9-20)23-16-28(36-3)31(38-5)29(17-23)37-4/h6-18H,1-5H3. The number of methoxy groups -OCH3 is 5. The Morgan fingerprint density at radius 3 is 1.63 bits per heavy atom. The average molecular weight is 509 g/mol. The highest BCUT2D eigenvalue weighted by molar-refractivity contribution is 5.95. The van der Waals surface area contributed by atoms with Gasteiger partial charge in [-0.05, 0) is 58.7 Å². The molecule has 1 aromatic heterocycles. The molecule has 1 heterocycles. The molecule has 0 aliphatic heterocycles. The summed E-state index contributed by atoms with van der Waals surface area (Å²) in [6, 6.07) is 24.2. The summed E-state index contributed by atoms with van der Waals surface area (Å²) < 4.78 is 27.4. The molecule has 0 atom stereocenters. The molecule has 0 radical (unpaired) electrons. The number of fused-ring (bicyclic) bond motifs is 1. The molecule has 0 fully saturated rings. The molecule has 0 spiro atoms. The quantitative estimate of drug-likeness (QED) is 0.232. The number of aromatic nitrogens is 2. The van der Waals surface area contributed by atoms with Crippen molar-refractivity contribution in [2.45, 2.75) is 0 Å². The van der Waals surface area contributed by atoms with Crippen molar-refractivity contribution in [3.63, 3.8) is 0 Å². The molecule has 0 unspecified atom stereocenters. The lowest BCUT2D eigenvalue weighted by molar-refractivity contribution is 0.324. The first-order valence-corrected chi connectivity index (χ1v) is 12.0. The van der Waals surface area contributed by atoms with Crippen molar-refractivity contribution < 1.29 is 23.7 Å². The third-order valence-electron chi connectivity index (χ3n) is 6.51. The lowest BCUT2D eigenvalue weighted by atomic mass is 9.98. The maximum absolute atomic E-state index is 5.52. The largest absolute Gasteiger partial charge is 0.493 e. The number of hydrogen-bond acceptors (Lipinski definition) is 7. The van der Waals surface area contributed by atoms with E-state index in [1.165, 1.54) is 0 Å². The summed E-state index contributed by atoms with van der Waals surface area (Å²) in [5.41, 5.74) is 6.71. The van der Waals surface area contributed by atoms with Gasteiger partial charge < -0.3 is 23.7 Å². The van der Waals surface area contributed by atoms with Gasteiger partial charge in [0.1, 0.15) is 6.33 Å². The second kappa shape index (κ2) is 10.7. The second-order valence-corrected chi connectivity index (χ2v) is 8.52. The van der Waals surface area contributed by atoms with E-state index in [-0.39, 0.29) is 0 Å². The van der Waals surface area contributed by atoms with Gasteiger partial charge in [-0.15, -0.1) is 0 Å². The van der Waals surface area contributed by atoms with E-state index in [0.29, 0.717) is 28.7 Å². The first kappa shape index (κ1) is 24.9. The Bertz CT molecular complexity index is 1570. The zero-order chi connectivity index (χ0) is 26.6. The molecule has 4 aromatic carbocycles. The third-order valence-corrected chi connectivity index (χ3v) is 6.51. The number of nitrogens with zero attached hydrogens (tertiary/aromatic N) is 2. The van der Waals surface area contributed by atoms with E-state index in [1.807, 2.05) is 42.5 Å². The monoisotopic (exact) mass is 508 g/mol. The predicted molar refractivity (Wildman–Crippen MR) is 149 cm³/mol. The van der Waals surface area contributed by atoms with E-state index in [1.54, 1.807) is 41.9 Å². The van der Waals surface area contributed by atoms with Crippen LogP contribution in [0.2, 0.25) is 0 Å². The van der Waals surface area contributed by atoms with E-state index >= 15 is 0 Å². The Morgan fingerprint density at radius 1 is 0.447 bits per heavy atom. The van der Waals surface area contributed by atoms with Crippen LogP contribution in [0.1, 0.15) is 0 Å². The van der Waals surface area contributed by atoms with E-state index in [4.69, 9.17) is 23.7 Å². The molecule has 7 heteroatoms. The number of rotatable bonds is 8. The van der Waals surface area contributed by atoms with Crippen LogP contribution < -0.4 is 23.7 Å². The first-order chi connectivity index (χ1) is 18.6. The fourth-order valence-electron chi connectivity index (χ4n) is 4.55. The fourth-order valence-corrected chi connectivity index (χ4v) is 4.55. The van der Waals surface area contributed by atoms with Crippen LogP contribution in [0.3, 0.4) is 0 Å². The van der Waals surface area contributed by atoms with Gasteiger partial charge >= 0.3 is 0 Å². The van der Waals surface area contributed by atoms with Crippen LogP contribution >= 0.6 is 0 Å². The van der Waals surface area contributed by atoms with Crippen LogP contribution in [-0.2, 0) is 0 Å². The summed E-state index contributed by atoms with van der Waals surface area (Å²) in [6.07, 6.45) is 1.60. The zero-order valence-electron chi connectivity index (χ0n) is 21.9. The topological polar surface area (TPSA) is 71.9 Å². The van der Waals surface area contributed by atoms with Crippen LogP contribution in [-0.4, -0.2) is 45.5 Å². The van der Waals surface area contributed by atoms with E-state index in [2.05, 4.69) is 40.3 Å². The van der Waals surface area contributed by atoms with Gasteiger partial charge in [0.05, 0.1) is 46.8 Å². The third kappa shape index (κ3) is 4.54. The maximum atomic E-state index is 5.52. The summed E-state index contributed by atoms with van der Waals surface area (Å²) in [5.74, 6) is 3.14. The van der Waals surface area contributed by atoms with Crippen molar-refractivity contribution in [1.82, 2.24) is 9.97 Å². The SMILES string of the molecule is COc1ccc(-c2ccc3ncnc(-c4ccc(-c5cc(OC)c(OC)c(OC)c5)cc4)c3c2)cc1OC. The van der Waals surface area contributed by atoms with Crippen LogP contribution in [0, 0.1) is 0 Å². The summed E-state index contributed by atoms with van der Waals surface area (Å²) in [6.45, 7) is 0. The minimum absolute atomic E-state index is 0.563. The van der Waals surface area contributed by atoms with Gasteiger partial charge in [-0.3, -0.25) is 0 Å². The lowest BCUT2D eigenvalue weighted by Gasteiger charge is -2.14. The molecule has 5 aromatic rings. The average Bonchev–Trinajstić information content (AvgIpc) is 2.99. The molecular weight excluding hydrogens is 480 g/mol. The molecule has 192 valence electrons. The Labute approximate surface area is 221 Å². The fraction of sp³-hybridized carbons (Fsp3) is 0.161. The van der Waals surface area contributed by atoms with Crippen LogP contribution in [0.5, 0.6) is 28.7 Å². The minimum atomic E-state index is 0.563. The molecule has 0 aliphatic rings. The molecule has 0 saturated heterocycles. The Kier molecular flexibility index (Phi) is 7.00. The van der Waals surface area contributed by atoms with Crippen molar-refractivity contribution in [3.8, 4) is 62.3 Å². The molecule has 5 rings (SSSR count). The molecule has 38 heavy (non-hydrogen) atoms. The molecule has 0 amide bonds. The highest BCUT2D eigenvalue weighted by Gasteiger charge is 2.15. The van der Waals surface area contributed by atoms with Crippen molar-refractivity contribution >= 4 is 10.9 Å². The van der Waals surface area contributed by atoms with E-state index in [9.17, 15) is 0 Å². The van der Waals surface area contributed by atoms with Gasteiger partial charge in [0.25, 0.3) is 0 Å². The summed E-state index contributed by atoms with van der Waals surface area (Å²) in [7, 11) is 8.08. The van der Waals surface area contributed by atoms with Crippen LogP contribution in [0.25, 0.3) is 44.4 Å². The maximum Gasteiger partial charge on any atom is 0.203 e. The Morgan fingerprint density at radius 2 is 1.00 bits per heavy atom. The van der Waals surface area contributed by atoms with Gasteiger partial charge in [0.2, 0.25) is 5.75 Å². The smallest absolute Gasteiger partial charge is 0.203 e. The minimum Gasteiger partial charge on any atom is -0.493 e. The normalized spacial score (nSPS) is 10.8. The van der Waals surface area contributed by atoms with E-state index < -0.39 is 0 Å². The second-order valence-electron chi connectivity index (χ2n) is 8.52. The summed E-state index contributed by atoms with van der Waals surface area (Å²) in [5, 5.41) is 0.959. The highest BCUT2D eigenvalue weighted by Crippen LogP contribution is 2.41. The molecular formula is C31H28N2O5. The molecule has 7 nitrogen and oxygen atoms in total. The molecule has 0 aliphatic carbocycles. The first-order valence-electron chi connectivity index (χ1n) is 12.0. The summed E-state index contributed by atoms with van der Waals surface area (Å²) in [4.78, 5) is 9.13. The summed E-state index contributed by atoms with van der Waals surface area (Å²) >= 11 is 0. The van der Waals surface area contributed by atoms with Crippen molar-refractivity contribution in [2.75, 3.05) is 35.5 Å². The van der Waals surface area contributed by atoms with E-state index in [0.717, 1.165) is 44.4 Å². The molecule has 0 bridgehead atoms. The van der Waals surface area contributed by atoms with Gasteiger partial charge in [-0.2, -0.15) is 0 Å².